The van der Waals surface area contributed by atoms with Crippen molar-refractivity contribution in [2.24, 2.45) is 0 Å². The molecule has 0 saturated heterocycles. The molecule has 0 spiro atoms. The van der Waals surface area contributed by atoms with Crippen molar-refractivity contribution < 1.29 is 14.6 Å². The molecule has 0 saturated carbocycles. The summed E-state index contributed by atoms with van der Waals surface area (Å²) in [6.07, 6.45) is 0. The lowest BCUT2D eigenvalue weighted by atomic mass is 10.3. The molecule has 0 aromatic heterocycles. The van der Waals surface area contributed by atoms with Gasteiger partial charge in [-0.25, -0.2) is 0 Å². The minimum Gasteiger partial charge on any atom is -0.480 e. The summed E-state index contributed by atoms with van der Waals surface area (Å²) in [6, 6.07) is 0.163. The number of methoxy groups -OCH3 is 1. The van der Waals surface area contributed by atoms with Crippen molar-refractivity contribution in [2.45, 2.75) is 19.9 Å². The van der Waals surface area contributed by atoms with Crippen LogP contribution in [0, 0.1) is 0 Å². The minimum atomic E-state index is -0.792. The first-order valence-corrected chi connectivity index (χ1v) is 4.06. The first-order chi connectivity index (χ1) is 5.61. The summed E-state index contributed by atoms with van der Waals surface area (Å²) < 4.78 is 4.93. The van der Waals surface area contributed by atoms with Crippen LogP contribution in [0.2, 0.25) is 0 Å². The van der Waals surface area contributed by atoms with E-state index in [1.165, 1.54) is 0 Å². The SMILES string of the molecule is CCN(CC(=O)O)C(C)COC. The Bertz CT molecular complexity index is 138. The average Bonchev–Trinajstić information content (AvgIpc) is 2.00. The summed E-state index contributed by atoms with van der Waals surface area (Å²) in [5.41, 5.74) is 0. The van der Waals surface area contributed by atoms with E-state index in [2.05, 4.69) is 0 Å². The molecule has 0 aliphatic carbocycles. The van der Waals surface area contributed by atoms with Crippen LogP contribution in [0.4, 0.5) is 0 Å². The molecule has 0 aromatic carbocycles. The Hall–Kier alpha value is -0.610. The van der Waals surface area contributed by atoms with E-state index in [4.69, 9.17) is 9.84 Å². The Morgan fingerprint density at radius 1 is 1.67 bits per heavy atom. The number of nitrogens with zero attached hydrogens (tertiary/aromatic N) is 1. The quantitative estimate of drug-likeness (QED) is 0.636. The highest BCUT2D eigenvalue weighted by molar-refractivity contribution is 5.69. The number of ether oxygens (including phenoxy) is 1. The van der Waals surface area contributed by atoms with Crippen molar-refractivity contribution in [3.8, 4) is 0 Å². The Morgan fingerprint density at radius 3 is 2.58 bits per heavy atom. The third-order valence-electron chi connectivity index (χ3n) is 1.78. The van der Waals surface area contributed by atoms with Gasteiger partial charge in [0.1, 0.15) is 0 Å². The predicted octanol–water partition coefficient (Wildman–Crippen LogP) is 0.428. The summed E-state index contributed by atoms with van der Waals surface area (Å²) in [6.45, 7) is 5.28. The van der Waals surface area contributed by atoms with Gasteiger partial charge in [0.2, 0.25) is 0 Å². The van der Waals surface area contributed by atoms with Gasteiger partial charge in [-0.05, 0) is 13.5 Å². The lowest BCUT2D eigenvalue weighted by Crippen LogP contribution is -2.39. The summed E-state index contributed by atoms with van der Waals surface area (Å²) in [5.74, 6) is -0.792. The molecule has 0 aliphatic heterocycles. The van der Waals surface area contributed by atoms with E-state index < -0.39 is 5.97 Å². The topological polar surface area (TPSA) is 49.8 Å². The molecule has 4 heteroatoms. The van der Waals surface area contributed by atoms with Crippen LogP contribution in [0.1, 0.15) is 13.8 Å². The zero-order valence-electron chi connectivity index (χ0n) is 7.91. The standard InChI is InChI=1S/C8H17NO3/c1-4-9(5-8(10)11)7(2)6-12-3/h7H,4-6H2,1-3H3,(H,10,11). The van der Waals surface area contributed by atoms with Gasteiger partial charge < -0.3 is 9.84 Å². The van der Waals surface area contributed by atoms with Crippen LogP contribution < -0.4 is 0 Å². The molecular formula is C8H17NO3. The highest BCUT2D eigenvalue weighted by Gasteiger charge is 2.14. The van der Waals surface area contributed by atoms with E-state index in [-0.39, 0.29) is 12.6 Å². The van der Waals surface area contributed by atoms with Gasteiger partial charge in [0.25, 0.3) is 0 Å². The number of hydrogen-bond donors (Lipinski definition) is 1. The van der Waals surface area contributed by atoms with E-state index in [1.54, 1.807) is 7.11 Å². The molecule has 0 radical (unpaired) electrons. The molecule has 4 nitrogen and oxygen atoms in total. The molecule has 0 heterocycles. The Kier molecular flexibility index (Phi) is 5.66. The number of carboxylic acids is 1. The fourth-order valence-electron chi connectivity index (χ4n) is 1.10. The summed E-state index contributed by atoms with van der Waals surface area (Å²) in [7, 11) is 1.62. The second-order valence-electron chi connectivity index (χ2n) is 2.76. The van der Waals surface area contributed by atoms with Crippen LogP contribution in [0.5, 0.6) is 0 Å². The maximum atomic E-state index is 10.4. The van der Waals surface area contributed by atoms with Gasteiger partial charge in [0.15, 0.2) is 0 Å². The van der Waals surface area contributed by atoms with Gasteiger partial charge in [0, 0.05) is 13.2 Å². The maximum absolute atomic E-state index is 10.4. The first kappa shape index (κ1) is 11.4. The minimum absolute atomic E-state index is 0.0844. The van der Waals surface area contributed by atoms with Crippen molar-refractivity contribution >= 4 is 5.97 Å². The van der Waals surface area contributed by atoms with Crippen molar-refractivity contribution in [3.05, 3.63) is 0 Å². The van der Waals surface area contributed by atoms with E-state index in [0.717, 1.165) is 6.54 Å². The molecule has 1 N–H and O–H groups in total. The van der Waals surface area contributed by atoms with Gasteiger partial charge in [0.05, 0.1) is 13.2 Å². The van der Waals surface area contributed by atoms with Crippen LogP contribution in [0.3, 0.4) is 0 Å². The van der Waals surface area contributed by atoms with Crippen molar-refractivity contribution in [3.63, 3.8) is 0 Å². The summed E-state index contributed by atoms with van der Waals surface area (Å²) in [4.78, 5) is 12.2. The molecule has 72 valence electrons. The molecule has 0 aliphatic rings. The van der Waals surface area contributed by atoms with E-state index in [9.17, 15) is 4.79 Å². The highest BCUT2D eigenvalue weighted by Crippen LogP contribution is 1.98. The van der Waals surface area contributed by atoms with Crippen LogP contribution in [0.25, 0.3) is 0 Å². The monoisotopic (exact) mass is 175 g/mol. The third kappa shape index (κ3) is 4.31. The van der Waals surface area contributed by atoms with Crippen LogP contribution in [0.15, 0.2) is 0 Å². The second-order valence-corrected chi connectivity index (χ2v) is 2.76. The zero-order valence-corrected chi connectivity index (χ0v) is 7.91. The lowest BCUT2D eigenvalue weighted by Gasteiger charge is -2.25. The fraction of sp³-hybridized carbons (Fsp3) is 0.875. The molecule has 0 amide bonds. The molecule has 0 bridgehead atoms. The zero-order chi connectivity index (χ0) is 9.56. The van der Waals surface area contributed by atoms with Gasteiger partial charge in [-0.15, -0.1) is 0 Å². The second kappa shape index (κ2) is 5.97. The molecule has 0 aromatic rings. The van der Waals surface area contributed by atoms with Gasteiger partial charge in [-0.2, -0.15) is 0 Å². The van der Waals surface area contributed by atoms with Crippen LogP contribution in [-0.4, -0.2) is 48.8 Å². The van der Waals surface area contributed by atoms with E-state index >= 15 is 0 Å². The molecule has 1 atom stereocenters. The van der Waals surface area contributed by atoms with Gasteiger partial charge >= 0.3 is 5.97 Å². The molecule has 1 unspecified atom stereocenters. The van der Waals surface area contributed by atoms with Gasteiger partial charge in [-0.1, -0.05) is 6.92 Å². The molecular weight excluding hydrogens is 158 g/mol. The number of carbonyl (C=O) groups is 1. The number of likely N-dealkylation sites (N-methyl/N-ethyl adjacent to an activating group) is 1. The fourth-order valence-corrected chi connectivity index (χ4v) is 1.10. The molecule has 12 heavy (non-hydrogen) atoms. The number of aliphatic carboxylic acids is 1. The van der Waals surface area contributed by atoms with Crippen molar-refractivity contribution in [1.29, 1.82) is 0 Å². The average molecular weight is 175 g/mol. The largest absolute Gasteiger partial charge is 0.480 e. The Morgan fingerprint density at radius 2 is 2.25 bits per heavy atom. The maximum Gasteiger partial charge on any atom is 0.317 e. The Labute approximate surface area is 73.1 Å². The Balaban J connectivity index is 3.86. The third-order valence-corrected chi connectivity index (χ3v) is 1.78. The lowest BCUT2D eigenvalue weighted by molar-refractivity contribution is -0.139. The summed E-state index contributed by atoms with van der Waals surface area (Å²) in [5, 5.41) is 8.55. The van der Waals surface area contributed by atoms with Crippen molar-refractivity contribution in [2.75, 3.05) is 26.8 Å². The number of carboxylic acid groups (broad SMARTS) is 1. The first-order valence-electron chi connectivity index (χ1n) is 4.06. The van der Waals surface area contributed by atoms with E-state index in [1.807, 2.05) is 18.7 Å². The summed E-state index contributed by atoms with van der Waals surface area (Å²) >= 11 is 0. The van der Waals surface area contributed by atoms with Gasteiger partial charge in [-0.3, -0.25) is 9.69 Å². The number of rotatable bonds is 6. The van der Waals surface area contributed by atoms with Crippen LogP contribution >= 0.6 is 0 Å². The smallest absolute Gasteiger partial charge is 0.317 e. The number of hydrogen-bond acceptors (Lipinski definition) is 3. The molecule has 0 fully saturated rings. The van der Waals surface area contributed by atoms with Crippen LogP contribution in [-0.2, 0) is 9.53 Å². The molecule has 0 rings (SSSR count). The highest BCUT2D eigenvalue weighted by atomic mass is 16.5. The normalized spacial score (nSPS) is 13.3. The van der Waals surface area contributed by atoms with E-state index in [0.29, 0.717) is 6.61 Å². The predicted molar refractivity (Wildman–Crippen MR) is 46.2 cm³/mol. The van der Waals surface area contributed by atoms with Crippen molar-refractivity contribution in [1.82, 2.24) is 4.90 Å².